The number of benzene rings is 1. The molecule has 3 rings (SSSR count). The van der Waals surface area contributed by atoms with Crippen LogP contribution in [0.3, 0.4) is 0 Å². The van der Waals surface area contributed by atoms with Crippen molar-refractivity contribution in [1.29, 1.82) is 0 Å². The first-order valence-corrected chi connectivity index (χ1v) is 8.72. The molecule has 6 heteroatoms. The number of aromatic hydroxyl groups is 1. The van der Waals surface area contributed by atoms with Crippen molar-refractivity contribution >= 4 is 0 Å². The van der Waals surface area contributed by atoms with Crippen LogP contribution >= 0.6 is 0 Å². The van der Waals surface area contributed by atoms with E-state index in [9.17, 15) is 5.11 Å². The van der Waals surface area contributed by atoms with Crippen LogP contribution in [0.4, 0.5) is 0 Å². The van der Waals surface area contributed by atoms with E-state index in [1.165, 1.54) is 0 Å². The quantitative estimate of drug-likeness (QED) is 0.855. The molecule has 0 aromatic heterocycles. The van der Waals surface area contributed by atoms with Gasteiger partial charge in [0.2, 0.25) is 0 Å². The Morgan fingerprint density at radius 1 is 1.17 bits per heavy atom. The fourth-order valence-electron chi connectivity index (χ4n) is 3.88. The van der Waals surface area contributed by atoms with E-state index in [1.807, 2.05) is 6.07 Å². The maximum Gasteiger partial charge on any atom is 0.131 e. The fraction of sp³-hybridized carbons (Fsp3) is 0.667. The highest BCUT2D eigenvalue weighted by molar-refractivity contribution is 5.52. The Labute approximate surface area is 143 Å². The summed E-state index contributed by atoms with van der Waals surface area (Å²) < 4.78 is 16.4. The van der Waals surface area contributed by atoms with Crippen molar-refractivity contribution in [3.63, 3.8) is 0 Å². The number of methoxy groups -OCH3 is 2. The molecule has 1 aromatic rings. The molecule has 0 radical (unpaired) electrons. The number of rotatable bonds is 5. The van der Waals surface area contributed by atoms with E-state index < -0.39 is 0 Å². The van der Waals surface area contributed by atoms with E-state index >= 15 is 0 Å². The van der Waals surface area contributed by atoms with E-state index in [2.05, 4.69) is 10.2 Å². The smallest absolute Gasteiger partial charge is 0.131 e. The van der Waals surface area contributed by atoms with Gasteiger partial charge < -0.3 is 24.6 Å². The van der Waals surface area contributed by atoms with Crippen molar-refractivity contribution in [3.05, 3.63) is 17.7 Å². The predicted molar refractivity (Wildman–Crippen MR) is 91.9 cm³/mol. The minimum atomic E-state index is 0.136. The molecular formula is C18H28N2O4. The Morgan fingerprint density at radius 2 is 1.88 bits per heavy atom. The van der Waals surface area contributed by atoms with Gasteiger partial charge in [0.25, 0.3) is 0 Å². The van der Waals surface area contributed by atoms with Gasteiger partial charge in [-0.25, -0.2) is 0 Å². The monoisotopic (exact) mass is 336 g/mol. The second-order valence-corrected chi connectivity index (χ2v) is 6.44. The molecule has 0 spiro atoms. The zero-order valence-corrected chi connectivity index (χ0v) is 14.6. The first-order valence-electron chi connectivity index (χ1n) is 8.72. The Balaban J connectivity index is 2.00. The van der Waals surface area contributed by atoms with Crippen LogP contribution in [0.25, 0.3) is 0 Å². The van der Waals surface area contributed by atoms with Crippen LogP contribution in [0.15, 0.2) is 12.1 Å². The molecule has 1 aromatic carbocycles. The van der Waals surface area contributed by atoms with Gasteiger partial charge in [0.15, 0.2) is 0 Å². The molecule has 6 nitrogen and oxygen atoms in total. The Hall–Kier alpha value is -1.50. The maximum absolute atomic E-state index is 10.7. The predicted octanol–water partition coefficient (Wildman–Crippen LogP) is 1.78. The van der Waals surface area contributed by atoms with Crippen LogP contribution in [0.2, 0.25) is 0 Å². The lowest BCUT2D eigenvalue weighted by Gasteiger charge is -2.41. The van der Waals surface area contributed by atoms with E-state index in [4.69, 9.17) is 14.2 Å². The average Bonchev–Trinajstić information content (AvgIpc) is 2.64. The zero-order chi connectivity index (χ0) is 16.9. The molecule has 2 N–H and O–H groups in total. The molecule has 2 aliphatic heterocycles. The van der Waals surface area contributed by atoms with Gasteiger partial charge in [-0.2, -0.15) is 0 Å². The summed E-state index contributed by atoms with van der Waals surface area (Å²) in [6.45, 7) is 5.45. The molecule has 24 heavy (non-hydrogen) atoms. The van der Waals surface area contributed by atoms with Crippen LogP contribution in [0.5, 0.6) is 17.2 Å². The summed E-state index contributed by atoms with van der Waals surface area (Å²) in [6, 6.07) is 3.69. The van der Waals surface area contributed by atoms with Crippen LogP contribution in [0.1, 0.15) is 24.4 Å². The summed E-state index contributed by atoms with van der Waals surface area (Å²) >= 11 is 0. The molecule has 0 unspecified atom stereocenters. The lowest BCUT2D eigenvalue weighted by Crippen LogP contribution is -2.47. The van der Waals surface area contributed by atoms with Crippen molar-refractivity contribution in [2.24, 2.45) is 5.92 Å². The molecule has 0 saturated carbocycles. The van der Waals surface area contributed by atoms with Crippen molar-refractivity contribution < 1.29 is 19.3 Å². The van der Waals surface area contributed by atoms with Gasteiger partial charge in [-0.1, -0.05) is 0 Å². The van der Waals surface area contributed by atoms with Gasteiger partial charge in [0.1, 0.15) is 17.2 Å². The minimum Gasteiger partial charge on any atom is -0.507 e. The second-order valence-electron chi connectivity index (χ2n) is 6.44. The standard InChI is InChI=1S/C18H28N2O4/c1-22-14-11-15(21)17(16(12-14)23-2)18(13-3-9-24-10-4-13)20-7-5-19-6-8-20/h11-13,18-19,21H,3-10H2,1-2H3/t18-/m0/s1. The third-order valence-corrected chi connectivity index (χ3v) is 5.10. The molecule has 2 saturated heterocycles. The van der Waals surface area contributed by atoms with Crippen LogP contribution in [-0.4, -0.2) is 63.6 Å². The number of hydrogen-bond donors (Lipinski definition) is 2. The highest BCUT2D eigenvalue weighted by Gasteiger charge is 2.35. The van der Waals surface area contributed by atoms with Crippen molar-refractivity contribution in [3.8, 4) is 17.2 Å². The molecule has 134 valence electrons. The first-order chi connectivity index (χ1) is 11.7. The molecule has 2 aliphatic rings. The van der Waals surface area contributed by atoms with Gasteiger partial charge in [0, 0.05) is 57.6 Å². The van der Waals surface area contributed by atoms with E-state index in [0.29, 0.717) is 17.4 Å². The summed E-state index contributed by atoms with van der Waals surface area (Å²) in [4.78, 5) is 2.47. The van der Waals surface area contributed by atoms with Crippen molar-refractivity contribution in [1.82, 2.24) is 10.2 Å². The molecule has 2 fully saturated rings. The molecular weight excluding hydrogens is 308 g/mol. The minimum absolute atomic E-state index is 0.136. The topological polar surface area (TPSA) is 63.2 Å². The fourth-order valence-corrected chi connectivity index (χ4v) is 3.88. The first kappa shape index (κ1) is 17.3. The third kappa shape index (κ3) is 3.61. The zero-order valence-electron chi connectivity index (χ0n) is 14.6. The summed E-state index contributed by atoms with van der Waals surface area (Å²) in [6.07, 6.45) is 2.01. The van der Waals surface area contributed by atoms with Gasteiger partial charge in [-0.3, -0.25) is 4.90 Å². The van der Waals surface area contributed by atoms with Gasteiger partial charge in [-0.15, -0.1) is 0 Å². The third-order valence-electron chi connectivity index (χ3n) is 5.10. The second kappa shape index (κ2) is 8.05. The number of phenols is 1. The van der Waals surface area contributed by atoms with E-state index in [1.54, 1.807) is 20.3 Å². The lowest BCUT2D eigenvalue weighted by atomic mass is 9.84. The largest absolute Gasteiger partial charge is 0.507 e. The Bertz CT molecular complexity index is 522. The summed E-state index contributed by atoms with van der Waals surface area (Å²) in [5, 5.41) is 14.1. The average molecular weight is 336 g/mol. The van der Waals surface area contributed by atoms with Crippen LogP contribution in [-0.2, 0) is 4.74 Å². The van der Waals surface area contributed by atoms with Gasteiger partial charge in [-0.05, 0) is 18.8 Å². The molecule has 0 bridgehead atoms. The van der Waals surface area contributed by atoms with Gasteiger partial charge in [0.05, 0.1) is 19.8 Å². The lowest BCUT2D eigenvalue weighted by molar-refractivity contribution is 0.0199. The SMILES string of the molecule is COc1cc(O)c([C@H](C2CCOCC2)N2CCNCC2)c(OC)c1. The van der Waals surface area contributed by atoms with Crippen molar-refractivity contribution in [2.45, 2.75) is 18.9 Å². The molecule has 0 amide bonds. The number of nitrogens with zero attached hydrogens (tertiary/aromatic N) is 1. The van der Waals surface area contributed by atoms with Crippen LogP contribution in [0, 0.1) is 5.92 Å². The molecule has 1 atom stereocenters. The van der Waals surface area contributed by atoms with Gasteiger partial charge >= 0.3 is 0 Å². The van der Waals surface area contributed by atoms with E-state index in [-0.39, 0.29) is 11.8 Å². The Morgan fingerprint density at radius 3 is 2.50 bits per heavy atom. The highest BCUT2D eigenvalue weighted by Crippen LogP contribution is 2.45. The normalized spacial score (nSPS) is 21.4. The summed E-state index contributed by atoms with van der Waals surface area (Å²) in [5.74, 6) is 2.01. The number of phenolic OH excluding ortho intramolecular Hbond substituents is 1. The van der Waals surface area contributed by atoms with E-state index in [0.717, 1.165) is 57.8 Å². The number of ether oxygens (including phenoxy) is 3. The molecule has 2 heterocycles. The number of nitrogens with one attached hydrogen (secondary N) is 1. The number of piperazine rings is 1. The van der Waals surface area contributed by atoms with Crippen molar-refractivity contribution in [2.75, 3.05) is 53.6 Å². The summed E-state index contributed by atoms with van der Waals surface area (Å²) in [5.41, 5.74) is 0.882. The summed E-state index contributed by atoms with van der Waals surface area (Å²) in [7, 11) is 3.25. The Kier molecular flexibility index (Phi) is 5.81. The number of hydrogen-bond acceptors (Lipinski definition) is 6. The highest BCUT2D eigenvalue weighted by atomic mass is 16.5. The van der Waals surface area contributed by atoms with Crippen LogP contribution < -0.4 is 14.8 Å². The maximum atomic E-state index is 10.7. The molecule has 0 aliphatic carbocycles.